The molecule has 1 fully saturated rings. The first-order valence-electron chi connectivity index (χ1n) is 4.24. The van der Waals surface area contributed by atoms with Crippen molar-refractivity contribution in [3.63, 3.8) is 0 Å². The van der Waals surface area contributed by atoms with E-state index in [4.69, 9.17) is 12.9 Å². The summed E-state index contributed by atoms with van der Waals surface area (Å²) in [5.74, 6) is 0. The summed E-state index contributed by atoms with van der Waals surface area (Å²) in [4.78, 5) is 8.35. The van der Waals surface area contributed by atoms with Gasteiger partial charge in [-0.25, -0.2) is 10.2 Å². The smallest absolute Gasteiger partial charge is 0.222 e. The van der Waals surface area contributed by atoms with Crippen LogP contribution >= 0.6 is 0 Å². The van der Waals surface area contributed by atoms with Crippen molar-refractivity contribution in [3.8, 4) is 0 Å². The zero-order valence-corrected chi connectivity index (χ0v) is 5.39. The number of carbonyl (C=O) groups excluding carboxylic acids is 1. The number of isocyanates is 1. The van der Waals surface area contributed by atoms with Crippen LogP contribution in [0.2, 0.25) is 0 Å². The van der Waals surface area contributed by atoms with Gasteiger partial charge in [0.1, 0.15) is 0 Å². The summed E-state index contributed by atoms with van der Waals surface area (Å²) >= 11 is 0. The highest BCUT2D eigenvalue weighted by Gasteiger charge is 1.95. The van der Waals surface area contributed by atoms with Crippen molar-refractivity contribution >= 4 is 6.08 Å². The highest BCUT2D eigenvalue weighted by molar-refractivity contribution is 5.26. The van der Waals surface area contributed by atoms with Gasteiger partial charge in [0, 0.05) is 2.74 Å². The molecule has 0 aliphatic heterocycles. The summed E-state index contributed by atoms with van der Waals surface area (Å²) < 4.78 is 14.6. The lowest BCUT2D eigenvalue weighted by Crippen LogP contribution is -1.85. The maximum absolute atomic E-state index is 8.35. The Kier molecular flexibility index (Phi) is 4.25. The van der Waals surface area contributed by atoms with Crippen LogP contribution in [0, 0.1) is 5.41 Å². The van der Waals surface area contributed by atoms with E-state index in [0.29, 0.717) is 0 Å². The quantitative estimate of drug-likeness (QED) is 0.395. The Morgan fingerprint density at radius 2 is 1.67 bits per heavy atom. The van der Waals surface area contributed by atoms with E-state index in [1.165, 1.54) is 0 Å². The number of nitrogens with one attached hydrogen (secondary N) is 1. The fourth-order valence-corrected chi connectivity index (χ4v) is 0.760. The molecule has 1 aliphatic rings. The van der Waals surface area contributed by atoms with Gasteiger partial charge in [-0.05, 0) is 0 Å². The van der Waals surface area contributed by atoms with Crippen LogP contribution in [0.25, 0.3) is 0 Å². The molecule has 9 heavy (non-hydrogen) atoms. The minimum atomic E-state index is 0.0752. The van der Waals surface area contributed by atoms with Gasteiger partial charge in [-0.15, -0.1) is 0 Å². The molecule has 2 heteroatoms. The van der Waals surface area contributed by atoms with E-state index in [2.05, 4.69) is 0 Å². The highest BCUT2D eigenvalue weighted by Crippen LogP contribution is 2.15. The Morgan fingerprint density at radius 1 is 1.22 bits per heavy atom. The van der Waals surface area contributed by atoms with Gasteiger partial charge in [0.25, 0.3) is 0 Å². The van der Waals surface area contributed by atoms with Gasteiger partial charge in [0.15, 0.2) is 0 Å². The van der Waals surface area contributed by atoms with E-state index < -0.39 is 0 Å². The summed E-state index contributed by atoms with van der Waals surface area (Å²) in [5.41, 5.74) is 0. The molecule has 52 valence electrons. The van der Waals surface area contributed by atoms with E-state index in [-0.39, 0.29) is 12.8 Å². The van der Waals surface area contributed by atoms with E-state index in [1.54, 1.807) is 0 Å². The molecule has 0 bridgehead atoms. The molecule has 1 aliphatic carbocycles. The highest BCUT2D eigenvalue weighted by atomic mass is 16.1. The topological polar surface area (TPSA) is 40.9 Å². The minimum Gasteiger partial charge on any atom is -0.222 e. The first-order valence-corrected chi connectivity index (χ1v) is 3.09. The lowest BCUT2D eigenvalue weighted by molar-refractivity contribution is 0.504. The maximum atomic E-state index is 8.35. The molecule has 0 radical (unpaired) electrons. The number of rotatable bonds is 0. The predicted molar refractivity (Wildman–Crippen MR) is 36.1 cm³/mol. The van der Waals surface area contributed by atoms with Crippen LogP contribution in [0.5, 0.6) is 0 Å². The standard InChI is InChI=1S/C6H12.CHNO/c1-2-4-6-5-3-1;2-1-3/h1-6H2;2H/i1D,4D;. The number of hydrogen-bond acceptors (Lipinski definition) is 2. The van der Waals surface area contributed by atoms with Crippen molar-refractivity contribution in [3.05, 3.63) is 0 Å². The average Bonchev–Trinajstić information content (AvgIpc) is 1.88. The molecule has 2 unspecified atom stereocenters. The Labute approximate surface area is 58.6 Å². The molecule has 0 saturated heterocycles. The Bertz CT molecular complexity index is 126. The summed E-state index contributed by atoms with van der Waals surface area (Å²) in [7, 11) is 0. The van der Waals surface area contributed by atoms with Crippen molar-refractivity contribution in [2.75, 3.05) is 0 Å². The Morgan fingerprint density at radius 3 is 1.89 bits per heavy atom. The van der Waals surface area contributed by atoms with Crippen LogP contribution in [0.1, 0.15) is 41.2 Å². The van der Waals surface area contributed by atoms with Gasteiger partial charge in [-0.2, -0.15) is 0 Å². The van der Waals surface area contributed by atoms with Crippen LogP contribution in [-0.4, -0.2) is 6.08 Å². The molecule has 1 rings (SSSR count). The second kappa shape index (κ2) is 7.38. The molecule has 1 N–H and O–H groups in total. The molecule has 1 saturated carbocycles. The molecule has 2 nitrogen and oxygen atoms in total. The van der Waals surface area contributed by atoms with Crippen LogP contribution in [0.15, 0.2) is 0 Å². The zero-order chi connectivity index (χ0) is 8.69. The molecule has 0 spiro atoms. The van der Waals surface area contributed by atoms with Gasteiger partial charge in [-0.3, -0.25) is 0 Å². The molecule has 0 amide bonds. The second-order valence-corrected chi connectivity index (χ2v) is 1.85. The Balaban J connectivity index is 0.000000292. The number of hydrogen-bond donors (Lipinski definition) is 1. The molecule has 2 atom stereocenters. The SMILES string of the molecule is N=C=O.[2H]C1CCCC([2H])C1. The van der Waals surface area contributed by atoms with Crippen molar-refractivity contribution in [2.24, 2.45) is 0 Å². The first kappa shape index (κ1) is 5.19. The van der Waals surface area contributed by atoms with Crippen LogP contribution in [0.4, 0.5) is 0 Å². The van der Waals surface area contributed by atoms with Gasteiger partial charge in [0.05, 0.1) is 0 Å². The lowest BCUT2D eigenvalue weighted by Gasteiger charge is -2.05. The predicted octanol–water partition coefficient (Wildman–Crippen LogP) is 2.24. The van der Waals surface area contributed by atoms with E-state index >= 15 is 0 Å². The van der Waals surface area contributed by atoms with Crippen LogP contribution < -0.4 is 0 Å². The van der Waals surface area contributed by atoms with E-state index in [9.17, 15) is 0 Å². The molecule has 0 aromatic heterocycles. The van der Waals surface area contributed by atoms with E-state index in [0.717, 1.165) is 31.8 Å². The van der Waals surface area contributed by atoms with Gasteiger partial charge < -0.3 is 0 Å². The summed E-state index contributed by atoms with van der Waals surface area (Å²) in [6, 6.07) is 0. The van der Waals surface area contributed by atoms with Crippen molar-refractivity contribution in [1.29, 1.82) is 5.41 Å². The van der Waals surface area contributed by atoms with Crippen LogP contribution in [-0.2, 0) is 4.79 Å². The van der Waals surface area contributed by atoms with Crippen molar-refractivity contribution in [2.45, 2.75) is 38.5 Å². The van der Waals surface area contributed by atoms with Crippen LogP contribution in [0.3, 0.4) is 0 Å². The minimum absolute atomic E-state index is 0.0752. The molecular formula is C7H13NO. The van der Waals surface area contributed by atoms with Crippen molar-refractivity contribution < 1.29 is 7.54 Å². The van der Waals surface area contributed by atoms with Crippen molar-refractivity contribution in [1.82, 2.24) is 0 Å². The second-order valence-electron chi connectivity index (χ2n) is 1.85. The molecule has 0 heterocycles. The third kappa shape index (κ3) is 7.38. The average molecular weight is 129 g/mol. The third-order valence-electron chi connectivity index (χ3n) is 1.15. The van der Waals surface area contributed by atoms with Gasteiger partial charge >= 0.3 is 0 Å². The monoisotopic (exact) mass is 129 g/mol. The summed E-state index contributed by atoms with van der Waals surface area (Å²) in [6.45, 7) is 0. The fraction of sp³-hybridized carbons (Fsp3) is 0.857. The fourth-order valence-electron chi connectivity index (χ4n) is 0.760. The lowest BCUT2D eigenvalue weighted by atomic mass is 10.0. The van der Waals surface area contributed by atoms with Gasteiger partial charge in [-0.1, -0.05) is 38.5 Å². The maximum Gasteiger partial charge on any atom is 0.231 e. The normalized spacial score (nSPS) is 36.4. The van der Waals surface area contributed by atoms with E-state index in [1.807, 2.05) is 0 Å². The van der Waals surface area contributed by atoms with Gasteiger partial charge in [0.2, 0.25) is 6.08 Å². The largest absolute Gasteiger partial charge is 0.231 e. The molecular weight excluding hydrogens is 114 g/mol. The molecule has 0 aromatic carbocycles. The third-order valence-corrected chi connectivity index (χ3v) is 1.15. The summed E-state index contributed by atoms with van der Waals surface area (Å²) in [6.07, 6.45) is 4.85. The first-order chi connectivity index (χ1) is 5.20. The Hall–Kier alpha value is -0.620. The summed E-state index contributed by atoms with van der Waals surface area (Å²) in [5, 5.41) is 5.40. The molecule has 0 aromatic rings. The zero-order valence-electron chi connectivity index (χ0n) is 7.39.